The Bertz CT molecular complexity index is 1630. The van der Waals surface area contributed by atoms with E-state index in [1.165, 1.54) is 31.3 Å². The summed E-state index contributed by atoms with van der Waals surface area (Å²) in [6.07, 6.45) is -3.29. The maximum absolute atomic E-state index is 13.6. The van der Waals surface area contributed by atoms with Crippen molar-refractivity contribution in [3.05, 3.63) is 77.2 Å². The van der Waals surface area contributed by atoms with Crippen molar-refractivity contribution in [2.75, 3.05) is 20.8 Å². The molecule has 1 saturated carbocycles. The minimum Gasteiger partial charge on any atom is -0.437 e. The van der Waals surface area contributed by atoms with Gasteiger partial charge in [-0.3, -0.25) is 9.59 Å². The number of alkyl halides is 3. The highest BCUT2D eigenvalue weighted by molar-refractivity contribution is 6.11. The molecule has 5 rings (SSSR count). The van der Waals surface area contributed by atoms with Crippen LogP contribution in [0, 0.1) is 11.7 Å². The summed E-state index contributed by atoms with van der Waals surface area (Å²) in [7, 11) is 3.04. The average Bonchev–Trinajstić information content (AvgIpc) is 3.77. The first kappa shape index (κ1) is 30.2. The number of pyridine rings is 1. The molecule has 4 aromatic rings. The van der Waals surface area contributed by atoms with Gasteiger partial charge in [-0.05, 0) is 79.6 Å². The molecule has 2 N–H and O–H groups in total. The number of carbonyl (C=O) groups excluding carboxylic acids is 2. The van der Waals surface area contributed by atoms with Crippen LogP contribution in [-0.4, -0.2) is 49.8 Å². The standard InChI is InChI=1S/C32H31F4N3O4/c1-37-30(41)27-24-17-23(20-4-3-5-21(16-20)29(40)38-25(13-15-42-2)18-6-7-18)26(12-14-32(34,35)36)39-31(24)43-28(27)19-8-10-22(33)11-9-19/h3-5,8-11,16-18,25H,6-7,12-15H2,1-2H3,(H,37,41)(H,38,40)/t25-/m0/s1. The van der Waals surface area contributed by atoms with Crippen LogP contribution in [0.3, 0.4) is 0 Å². The fourth-order valence-corrected chi connectivity index (χ4v) is 5.16. The monoisotopic (exact) mass is 597 g/mol. The number of methoxy groups -OCH3 is 1. The van der Waals surface area contributed by atoms with Crippen LogP contribution < -0.4 is 10.6 Å². The lowest BCUT2D eigenvalue weighted by atomic mass is 9.96. The minimum atomic E-state index is -4.44. The molecule has 2 aromatic heterocycles. The van der Waals surface area contributed by atoms with Gasteiger partial charge in [0.15, 0.2) is 0 Å². The van der Waals surface area contributed by atoms with Crippen molar-refractivity contribution in [2.24, 2.45) is 5.92 Å². The van der Waals surface area contributed by atoms with E-state index in [2.05, 4.69) is 15.6 Å². The Labute approximate surface area is 245 Å². The predicted octanol–water partition coefficient (Wildman–Crippen LogP) is 6.70. The fourth-order valence-electron chi connectivity index (χ4n) is 5.16. The number of furan rings is 1. The van der Waals surface area contributed by atoms with Gasteiger partial charge in [0.05, 0.1) is 16.6 Å². The van der Waals surface area contributed by atoms with Crippen LogP contribution in [0.2, 0.25) is 0 Å². The number of aromatic nitrogens is 1. The highest BCUT2D eigenvalue weighted by Gasteiger charge is 2.32. The fraction of sp³-hybridized carbons (Fsp3) is 0.344. The van der Waals surface area contributed by atoms with Crippen LogP contribution >= 0.6 is 0 Å². The molecule has 0 aliphatic heterocycles. The van der Waals surface area contributed by atoms with Crippen LogP contribution in [0.4, 0.5) is 17.6 Å². The minimum absolute atomic E-state index is 0.0295. The number of carbonyl (C=O) groups is 2. The van der Waals surface area contributed by atoms with Gasteiger partial charge >= 0.3 is 6.18 Å². The number of benzene rings is 2. The van der Waals surface area contributed by atoms with Crippen molar-refractivity contribution in [1.29, 1.82) is 0 Å². The summed E-state index contributed by atoms with van der Waals surface area (Å²) in [4.78, 5) is 30.7. The maximum Gasteiger partial charge on any atom is 0.389 e. The van der Waals surface area contributed by atoms with Crippen LogP contribution in [0.15, 0.2) is 59.0 Å². The number of aryl methyl sites for hydroxylation is 1. The first-order chi connectivity index (χ1) is 20.6. The number of hydrogen-bond donors (Lipinski definition) is 2. The van der Waals surface area contributed by atoms with Gasteiger partial charge in [-0.2, -0.15) is 13.2 Å². The lowest BCUT2D eigenvalue weighted by molar-refractivity contribution is -0.134. The number of ether oxygens (including phenoxy) is 1. The van der Waals surface area contributed by atoms with Gasteiger partial charge in [-0.15, -0.1) is 0 Å². The molecule has 2 heterocycles. The molecule has 0 radical (unpaired) electrons. The predicted molar refractivity (Wildman–Crippen MR) is 153 cm³/mol. The van der Waals surface area contributed by atoms with E-state index in [0.29, 0.717) is 41.2 Å². The van der Waals surface area contributed by atoms with Gasteiger partial charge in [-0.1, -0.05) is 12.1 Å². The Kier molecular flexibility index (Phi) is 8.82. The first-order valence-corrected chi connectivity index (χ1v) is 14.0. The second-order valence-corrected chi connectivity index (χ2v) is 10.6. The van der Waals surface area contributed by atoms with Crippen LogP contribution in [0.1, 0.15) is 52.1 Å². The topological polar surface area (TPSA) is 93.5 Å². The van der Waals surface area contributed by atoms with E-state index in [9.17, 15) is 27.2 Å². The summed E-state index contributed by atoms with van der Waals surface area (Å²) >= 11 is 0. The normalized spacial score (nSPS) is 14.1. The second-order valence-electron chi connectivity index (χ2n) is 10.6. The molecule has 1 aliphatic carbocycles. The third-order valence-corrected chi connectivity index (χ3v) is 7.54. The van der Waals surface area contributed by atoms with Gasteiger partial charge in [0.1, 0.15) is 11.6 Å². The summed E-state index contributed by atoms with van der Waals surface area (Å²) in [5.41, 5.74) is 1.72. The van der Waals surface area contributed by atoms with E-state index >= 15 is 0 Å². The van der Waals surface area contributed by atoms with Gasteiger partial charge < -0.3 is 19.8 Å². The molecular weight excluding hydrogens is 566 g/mol. The molecule has 0 spiro atoms. The molecule has 226 valence electrons. The van der Waals surface area contributed by atoms with Crippen molar-refractivity contribution in [3.63, 3.8) is 0 Å². The molecule has 2 aromatic carbocycles. The Hall–Kier alpha value is -4.25. The van der Waals surface area contributed by atoms with E-state index in [0.717, 1.165) is 12.8 Å². The van der Waals surface area contributed by atoms with E-state index in [1.807, 2.05) is 0 Å². The Morgan fingerprint density at radius 2 is 1.81 bits per heavy atom. The zero-order valence-corrected chi connectivity index (χ0v) is 23.7. The summed E-state index contributed by atoms with van der Waals surface area (Å²) in [6, 6.07) is 13.4. The Balaban J connectivity index is 1.60. The van der Waals surface area contributed by atoms with E-state index in [-0.39, 0.29) is 40.1 Å². The highest BCUT2D eigenvalue weighted by atomic mass is 19.4. The van der Waals surface area contributed by atoms with Crippen molar-refractivity contribution < 1.29 is 36.3 Å². The van der Waals surface area contributed by atoms with Crippen molar-refractivity contribution in [2.45, 2.75) is 44.3 Å². The lowest BCUT2D eigenvalue weighted by Crippen LogP contribution is -2.37. The van der Waals surface area contributed by atoms with Gasteiger partial charge in [0.25, 0.3) is 11.8 Å². The van der Waals surface area contributed by atoms with Crippen LogP contribution in [0.25, 0.3) is 33.6 Å². The number of halogens is 4. The molecule has 43 heavy (non-hydrogen) atoms. The Morgan fingerprint density at radius 3 is 2.47 bits per heavy atom. The summed E-state index contributed by atoms with van der Waals surface area (Å²) < 4.78 is 64.7. The van der Waals surface area contributed by atoms with Gasteiger partial charge in [0.2, 0.25) is 5.71 Å². The molecule has 7 nitrogen and oxygen atoms in total. The molecule has 0 bridgehead atoms. The number of hydrogen-bond acceptors (Lipinski definition) is 5. The molecule has 0 saturated heterocycles. The number of rotatable bonds is 11. The van der Waals surface area contributed by atoms with E-state index in [1.54, 1.807) is 37.4 Å². The number of nitrogens with one attached hydrogen (secondary N) is 2. The summed E-state index contributed by atoms with van der Waals surface area (Å²) in [5, 5.41) is 5.91. The van der Waals surface area contributed by atoms with Gasteiger partial charge in [0, 0.05) is 49.9 Å². The first-order valence-electron chi connectivity index (χ1n) is 14.0. The third kappa shape index (κ3) is 7.05. The van der Waals surface area contributed by atoms with E-state index < -0.39 is 30.7 Å². The zero-order valence-electron chi connectivity index (χ0n) is 23.7. The van der Waals surface area contributed by atoms with Crippen molar-refractivity contribution in [3.8, 4) is 22.5 Å². The largest absolute Gasteiger partial charge is 0.437 e. The lowest BCUT2D eigenvalue weighted by Gasteiger charge is -2.18. The molecule has 1 aliphatic rings. The van der Waals surface area contributed by atoms with Gasteiger partial charge in [-0.25, -0.2) is 9.37 Å². The Morgan fingerprint density at radius 1 is 1.07 bits per heavy atom. The number of amides is 2. The summed E-state index contributed by atoms with van der Waals surface area (Å²) in [6.45, 7) is 0.508. The van der Waals surface area contributed by atoms with Crippen molar-refractivity contribution >= 4 is 22.9 Å². The van der Waals surface area contributed by atoms with Crippen LogP contribution in [-0.2, 0) is 11.2 Å². The SMILES string of the molecule is CNC(=O)c1c(-c2ccc(F)cc2)oc2nc(CCC(F)(F)F)c(-c3cccc(C(=O)N[C@@H](CCOC)C4CC4)c3)cc12. The molecule has 1 fully saturated rings. The summed E-state index contributed by atoms with van der Waals surface area (Å²) in [5.74, 6) is -0.793. The molecule has 11 heteroatoms. The van der Waals surface area contributed by atoms with Crippen LogP contribution in [0.5, 0.6) is 0 Å². The quantitative estimate of drug-likeness (QED) is 0.188. The third-order valence-electron chi connectivity index (χ3n) is 7.54. The smallest absolute Gasteiger partial charge is 0.389 e. The molecule has 0 unspecified atom stereocenters. The molecule has 1 atom stereocenters. The van der Waals surface area contributed by atoms with Crippen molar-refractivity contribution in [1.82, 2.24) is 15.6 Å². The number of nitrogens with zero attached hydrogens (tertiary/aromatic N) is 1. The zero-order chi connectivity index (χ0) is 30.7. The van der Waals surface area contributed by atoms with E-state index in [4.69, 9.17) is 9.15 Å². The second kappa shape index (κ2) is 12.5. The molecular formula is C32H31F4N3O4. The average molecular weight is 598 g/mol. The number of fused-ring (bicyclic) bond motifs is 1. The highest BCUT2D eigenvalue weighted by Crippen LogP contribution is 2.38. The molecule has 2 amide bonds. The maximum atomic E-state index is 13.6.